The van der Waals surface area contributed by atoms with Crippen LogP contribution in [0.15, 0.2) is 85.5 Å². The molecular weight excluding hydrogens is 791 g/mol. The van der Waals surface area contributed by atoms with Gasteiger partial charge in [0.1, 0.15) is 23.7 Å². The molecule has 4 aromatic heterocycles. The molecule has 6 aromatic rings. The SMILES string of the molecule is COC(=O)N[C@H](C(=O)N1CCC[C@H]1c1ncc(-c2ccc(-c3cnc4cc(-c5cnc([C@@H]6CCCN6C(=O)[C@@H](Cc6ccccn6)NC(=O)OC)[nH]5)ccc4n3)cc2)[nH]1)C(C)C. The number of carbonyl (C=O) groups excluding carboxylic acids is 4. The lowest BCUT2D eigenvalue weighted by molar-refractivity contribution is -0.135. The number of benzene rings is 2. The number of imidazole rings is 2. The number of pyridine rings is 1. The van der Waals surface area contributed by atoms with Gasteiger partial charge in [0.25, 0.3) is 0 Å². The Morgan fingerprint density at radius 2 is 1.32 bits per heavy atom. The number of nitrogens with one attached hydrogen (secondary N) is 4. The minimum absolute atomic E-state index is 0.118. The summed E-state index contributed by atoms with van der Waals surface area (Å²) < 4.78 is 9.58. The van der Waals surface area contributed by atoms with E-state index in [1.807, 2.05) is 68.4 Å². The Bertz CT molecular complexity index is 2560. The van der Waals surface area contributed by atoms with E-state index in [4.69, 9.17) is 24.4 Å². The summed E-state index contributed by atoms with van der Waals surface area (Å²) in [6.07, 6.45) is 8.98. The van der Waals surface area contributed by atoms with Gasteiger partial charge in [0.05, 0.1) is 73.0 Å². The molecule has 2 fully saturated rings. The third kappa shape index (κ3) is 8.82. The van der Waals surface area contributed by atoms with Crippen LogP contribution >= 0.6 is 0 Å². The zero-order valence-corrected chi connectivity index (χ0v) is 35.0. The van der Waals surface area contributed by atoms with Crippen molar-refractivity contribution < 1.29 is 28.7 Å². The summed E-state index contributed by atoms with van der Waals surface area (Å²) in [6, 6.07) is 17.2. The van der Waals surface area contributed by atoms with Crippen LogP contribution in [-0.2, 0) is 25.5 Å². The molecule has 0 radical (unpaired) electrons. The average molecular weight is 840 g/mol. The number of methoxy groups -OCH3 is 2. The van der Waals surface area contributed by atoms with Gasteiger partial charge in [-0.05, 0) is 61.4 Å². The van der Waals surface area contributed by atoms with Gasteiger partial charge in [0, 0.05) is 42.5 Å². The second kappa shape index (κ2) is 18.2. The lowest BCUT2D eigenvalue weighted by Crippen LogP contribution is -2.51. The first kappa shape index (κ1) is 41.6. The molecular formula is C45H49N11O6. The summed E-state index contributed by atoms with van der Waals surface area (Å²) in [5.74, 6) is 0.870. The van der Waals surface area contributed by atoms with E-state index in [0.29, 0.717) is 35.9 Å². The van der Waals surface area contributed by atoms with Crippen LogP contribution in [0.2, 0.25) is 0 Å². The maximum absolute atomic E-state index is 13.9. The van der Waals surface area contributed by atoms with Crippen molar-refractivity contribution in [3.05, 3.63) is 103 Å². The number of alkyl carbamates (subject to hydrolysis) is 2. The van der Waals surface area contributed by atoms with E-state index in [1.165, 1.54) is 14.2 Å². The van der Waals surface area contributed by atoms with Crippen LogP contribution in [0.3, 0.4) is 0 Å². The fourth-order valence-corrected chi connectivity index (χ4v) is 8.28. The molecule has 4 atom stereocenters. The normalized spacial score (nSPS) is 17.2. The summed E-state index contributed by atoms with van der Waals surface area (Å²) in [7, 11) is 2.55. The Morgan fingerprint density at radius 1 is 0.710 bits per heavy atom. The first-order valence-corrected chi connectivity index (χ1v) is 20.8. The van der Waals surface area contributed by atoms with Crippen molar-refractivity contribution in [3.63, 3.8) is 0 Å². The predicted molar refractivity (Wildman–Crippen MR) is 229 cm³/mol. The number of carbonyl (C=O) groups is 4. The molecule has 2 aromatic carbocycles. The quantitative estimate of drug-likeness (QED) is 0.110. The lowest BCUT2D eigenvalue weighted by atomic mass is 10.0. The van der Waals surface area contributed by atoms with Crippen LogP contribution in [0.1, 0.15) is 69.0 Å². The molecule has 4 N–H and O–H groups in total. The van der Waals surface area contributed by atoms with Gasteiger partial charge in [0.15, 0.2) is 0 Å². The zero-order valence-electron chi connectivity index (χ0n) is 35.0. The van der Waals surface area contributed by atoms with Crippen molar-refractivity contribution in [2.45, 2.75) is 70.1 Å². The first-order valence-electron chi connectivity index (χ1n) is 20.8. The molecule has 62 heavy (non-hydrogen) atoms. The zero-order chi connectivity index (χ0) is 43.3. The van der Waals surface area contributed by atoms with Crippen LogP contribution in [0.5, 0.6) is 0 Å². The molecule has 4 amide bonds. The second-order valence-corrected chi connectivity index (χ2v) is 15.9. The van der Waals surface area contributed by atoms with Crippen LogP contribution in [0, 0.1) is 5.92 Å². The third-order valence-electron chi connectivity index (χ3n) is 11.5. The highest BCUT2D eigenvalue weighted by atomic mass is 16.5. The number of hydrogen-bond donors (Lipinski definition) is 4. The number of aromatic nitrogens is 7. The molecule has 17 nitrogen and oxygen atoms in total. The van der Waals surface area contributed by atoms with E-state index in [0.717, 1.165) is 65.0 Å². The van der Waals surface area contributed by atoms with Crippen molar-refractivity contribution in [1.82, 2.24) is 55.3 Å². The third-order valence-corrected chi connectivity index (χ3v) is 11.5. The monoisotopic (exact) mass is 839 g/mol. The highest BCUT2D eigenvalue weighted by molar-refractivity contribution is 5.87. The van der Waals surface area contributed by atoms with E-state index in [1.54, 1.807) is 40.7 Å². The fraction of sp³-hybridized carbons (Fsp3) is 0.356. The minimum atomic E-state index is -0.851. The summed E-state index contributed by atoms with van der Waals surface area (Å²) in [5.41, 5.74) is 7.16. The number of ether oxygens (including phenoxy) is 2. The molecule has 0 bridgehead atoms. The molecule has 0 aliphatic carbocycles. The summed E-state index contributed by atoms with van der Waals surface area (Å²) in [5, 5.41) is 5.39. The van der Waals surface area contributed by atoms with E-state index < -0.39 is 24.3 Å². The van der Waals surface area contributed by atoms with Crippen molar-refractivity contribution in [2.75, 3.05) is 27.3 Å². The number of fused-ring (bicyclic) bond motifs is 1. The molecule has 8 rings (SSSR count). The van der Waals surface area contributed by atoms with Gasteiger partial charge < -0.3 is 39.9 Å². The Morgan fingerprint density at radius 3 is 1.95 bits per heavy atom. The number of aromatic amines is 2. The van der Waals surface area contributed by atoms with Crippen molar-refractivity contribution in [2.24, 2.45) is 5.92 Å². The molecule has 320 valence electrons. The smallest absolute Gasteiger partial charge is 0.407 e. The van der Waals surface area contributed by atoms with Crippen LogP contribution in [-0.4, -0.2) is 108 Å². The molecule has 0 unspecified atom stereocenters. The lowest BCUT2D eigenvalue weighted by Gasteiger charge is -2.30. The van der Waals surface area contributed by atoms with Gasteiger partial charge >= 0.3 is 12.2 Å². The summed E-state index contributed by atoms with van der Waals surface area (Å²) in [6.45, 7) is 4.90. The maximum Gasteiger partial charge on any atom is 0.407 e. The van der Waals surface area contributed by atoms with E-state index in [2.05, 4.69) is 30.6 Å². The summed E-state index contributed by atoms with van der Waals surface area (Å²) in [4.78, 5) is 85.5. The maximum atomic E-state index is 13.9. The number of H-pyrrole nitrogens is 2. The number of rotatable bonds is 12. The molecule has 17 heteroatoms. The fourth-order valence-electron chi connectivity index (χ4n) is 8.28. The average Bonchev–Trinajstić information content (AvgIpc) is 4.15. The minimum Gasteiger partial charge on any atom is -0.453 e. The van der Waals surface area contributed by atoms with Crippen LogP contribution < -0.4 is 10.6 Å². The molecule has 2 aliphatic rings. The van der Waals surface area contributed by atoms with Gasteiger partial charge in [-0.2, -0.15) is 0 Å². The van der Waals surface area contributed by atoms with Gasteiger partial charge in [-0.15, -0.1) is 0 Å². The Balaban J connectivity index is 0.936. The Hall–Kier alpha value is -7.17. The van der Waals surface area contributed by atoms with Gasteiger partial charge in [-0.1, -0.05) is 50.2 Å². The number of likely N-dealkylation sites (tertiary alicyclic amines) is 2. The van der Waals surface area contributed by atoms with Crippen molar-refractivity contribution >= 4 is 35.0 Å². The molecule has 2 saturated heterocycles. The molecule has 0 spiro atoms. The number of amides is 4. The first-order chi connectivity index (χ1) is 30.1. The topological polar surface area (TPSA) is 213 Å². The summed E-state index contributed by atoms with van der Waals surface area (Å²) >= 11 is 0. The number of nitrogens with zero attached hydrogens (tertiary/aromatic N) is 7. The van der Waals surface area contributed by atoms with Crippen molar-refractivity contribution in [1.29, 1.82) is 0 Å². The predicted octanol–water partition coefficient (Wildman–Crippen LogP) is 6.15. The van der Waals surface area contributed by atoms with Crippen LogP contribution in [0.4, 0.5) is 9.59 Å². The van der Waals surface area contributed by atoms with Crippen LogP contribution in [0.25, 0.3) is 44.8 Å². The number of hydrogen-bond acceptors (Lipinski definition) is 11. The second-order valence-electron chi connectivity index (χ2n) is 15.9. The molecule has 2 aliphatic heterocycles. The standard InChI is InChI=1S/C45H49N11O6/c1-26(2)39(54-45(60)62-4)43(58)56-20-8-11-38(56)41-48-24-35(51-41)28-14-12-27(13-15-28)34-23-47-32-21-29(16-17-31(32)50-34)36-25-49-40(52-36)37-10-7-19-55(37)42(57)33(53-44(59)61-3)22-30-9-5-6-18-46-30/h5-6,9,12-18,21,23-26,33,37-39H,7-8,10-11,19-20,22H2,1-4H3,(H,48,51)(H,49,52)(H,53,59)(H,54,60)/t33-,37+,38+,39+/m1/s1. The van der Waals surface area contributed by atoms with E-state index in [9.17, 15) is 19.2 Å². The van der Waals surface area contributed by atoms with E-state index in [-0.39, 0.29) is 36.2 Å². The van der Waals surface area contributed by atoms with Crippen molar-refractivity contribution in [3.8, 4) is 33.8 Å². The molecule has 6 heterocycles. The highest BCUT2D eigenvalue weighted by Gasteiger charge is 2.38. The molecule has 0 saturated carbocycles. The highest BCUT2D eigenvalue weighted by Crippen LogP contribution is 2.35. The van der Waals surface area contributed by atoms with Gasteiger partial charge in [-0.25, -0.2) is 24.5 Å². The van der Waals surface area contributed by atoms with Gasteiger partial charge in [0.2, 0.25) is 11.8 Å². The Kier molecular flexibility index (Phi) is 12.2. The largest absolute Gasteiger partial charge is 0.453 e. The van der Waals surface area contributed by atoms with Gasteiger partial charge in [-0.3, -0.25) is 19.6 Å². The Labute approximate surface area is 358 Å². The van der Waals surface area contributed by atoms with E-state index >= 15 is 0 Å².